The number of aromatic nitrogens is 4. The van der Waals surface area contributed by atoms with Crippen molar-refractivity contribution in [1.29, 1.82) is 0 Å². The van der Waals surface area contributed by atoms with Crippen LogP contribution in [0.25, 0.3) is 95.8 Å². The number of fused-ring (bicyclic) bond motifs is 11. The SMILES string of the molecule is Brc1ccc2c(SCc3ccccc3)c(Br)ccc2c1SCc1ccccc1.Nc1c(Br)ccc2c(N)c(Br)ccc12.Nc1ccc2c(S)c(N)ccc2c1S.O=[N+]([O-])c1c(Br)ccc2c([N+](=O)[O-])c(Br)ccc12.Sc1c(Br)ccc2c(S)c(Br)ccc12.c1cc2c(ccc3nnsc32)c2snnc12.c1ccc(CCc2ccc3c(SCc4ccccc4)c(NCc4ccccc4)ccc3c2SCc2ccccc2)cc1. The first-order chi connectivity index (χ1) is 70.7. The second kappa shape index (κ2) is 52.2. The van der Waals surface area contributed by atoms with Crippen molar-refractivity contribution in [3.63, 3.8) is 0 Å². The molecule has 0 amide bonds. The second-order valence-electron chi connectivity index (χ2n) is 32.7. The molecule has 22 aromatic rings. The van der Waals surface area contributed by atoms with Crippen molar-refractivity contribution in [3.8, 4) is 0 Å². The van der Waals surface area contributed by atoms with Gasteiger partial charge < -0.3 is 28.3 Å². The molecule has 0 atom stereocenters. The third-order valence-electron chi connectivity index (χ3n) is 23.4. The Bertz CT molecular complexity index is 7800. The van der Waals surface area contributed by atoms with Gasteiger partial charge in [0.05, 0.1) is 50.3 Å². The quantitative estimate of drug-likeness (QED) is 0.0113. The van der Waals surface area contributed by atoms with Crippen molar-refractivity contribution in [2.45, 2.75) is 81.6 Å². The van der Waals surface area contributed by atoms with E-state index < -0.39 is 9.85 Å². The van der Waals surface area contributed by atoms with E-state index in [0.717, 1.165) is 153 Å². The van der Waals surface area contributed by atoms with Crippen LogP contribution in [0, 0.1) is 20.2 Å². The van der Waals surface area contributed by atoms with Crippen LogP contribution in [-0.4, -0.2) is 29.0 Å². The number of nitrogens with two attached hydrogens (primary N) is 4. The second-order valence-corrected chi connectivity index (χ2v) is 46.8. The summed E-state index contributed by atoms with van der Waals surface area (Å²) in [6.07, 6.45) is 2.06. The van der Waals surface area contributed by atoms with E-state index in [-0.39, 0.29) is 31.1 Å². The molecule has 146 heavy (non-hydrogen) atoms. The molecule has 15 nitrogen and oxygen atoms in total. The van der Waals surface area contributed by atoms with Gasteiger partial charge in [0.15, 0.2) is 0 Å². The number of nitrogens with one attached hydrogen (secondary N) is 1. The lowest BCUT2D eigenvalue weighted by molar-refractivity contribution is -0.385. The summed E-state index contributed by atoms with van der Waals surface area (Å²) in [5.41, 5.74) is 38.3. The molecule has 0 saturated heterocycles. The first-order valence-electron chi connectivity index (χ1n) is 44.9. The summed E-state index contributed by atoms with van der Waals surface area (Å²) in [6, 6.07) is 120. The standard InChI is InChI=1S/C39H35NS2.C24H18Br2S2.C10H4Br2N2O4.C10H8Br2N2.C10H6Br2S2.C10H4N4S2.C10H10N2S2/c1-5-13-30(14-6-1)21-22-34-23-24-36-35(38(34)41-28-32-17-9-3-10-18-32)25-26-37(40-27-31-15-7-2-8-16-31)39(36)42-29-33-19-11-4-12-20-33;25-21-13-12-20-19(23(21)27-15-17-7-3-1-4-8-17)11-14-22(26)24(20)28-16-18-9-5-2-6-10-18;11-7-3-1-5-6(10(7)14(17)18)2-4-8(12)9(5)13(15)16;2*11-7-3-1-5-6(10(7)14)2-4-8(12)9(5)13;1-3-7-10(16-13-11-7)6-2-4-8-9(5(1)6)15-14-12-8;11-7-3-1-5-6(10(7)14)2-4-8(12)9(5)13/h1-20,23-26,40H,21-22,27-29H2;1-14H,15-16H2;1-4H;1-4H,13-14H2;1-4,13-14H;1-4H;1-4,13-14H,11-12H2. The molecule has 20 aromatic carbocycles. The van der Waals surface area contributed by atoms with Gasteiger partial charge in [-0.3, -0.25) is 20.2 Å². The van der Waals surface area contributed by atoms with Crippen molar-refractivity contribution in [3.05, 3.63) is 447 Å². The number of hydrogen-bond acceptors (Lipinski definition) is 23. The van der Waals surface area contributed by atoms with E-state index in [0.29, 0.717) is 11.4 Å². The molecule has 2 aromatic heterocycles. The number of hydrogen-bond donors (Lipinski definition) is 9. The average Bonchev–Trinajstić information content (AvgIpc) is 1.67. The highest BCUT2D eigenvalue weighted by Gasteiger charge is 2.26. The van der Waals surface area contributed by atoms with Crippen molar-refractivity contribution in [2.24, 2.45) is 0 Å². The summed E-state index contributed by atoms with van der Waals surface area (Å²) < 4.78 is 16.9. The Balaban J connectivity index is 0.000000128. The van der Waals surface area contributed by atoms with Crippen LogP contribution in [0.3, 0.4) is 0 Å². The predicted octanol–water partition coefficient (Wildman–Crippen LogP) is 37.9. The third kappa shape index (κ3) is 26.8. The predicted molar refractivity (Wildman–Crippen MR) is 663 cm³/mol. The number of nitrogens with zero attached hydrogens (tertiary/aromatic N) is 6. The molecular weight excluding hydrogens is 2540 g/mol. The van der Waals surface area contributed by atoms with Gasteiger partial charge in [-0.15, -0.1) is 108 Å². The van der Waals surface area contributed by atoms with Gasteiger partial charge in [-0.1, -0.05) is 270 Å². The zero-order valence-electron chi connectivity index (χ0n) is 76.8. The maximum absolute atomic E-state index is 11.0. The Morgan fingerprint density at radius 1 is 0.281 bits per heavy atom. The van der Waals surface area contributed by atoms with E-state index in [1.807, 2.05) is 132 Å². The smallest absolute Gasteiger partial charge is 0.291 e. The Labute approximate surface area is 957 Å². The zero-order chi connectivity index (χ0) is 103. The van der Waals surface area contributed by atoms with Gasteiger partial charge in [0.25, 0.3) is 11.4 Å². The number of halogens is 8. The summed E-state index contributed by atoms with van der Waals surface area (Å²) in [6.45, 7) is 0.802. The maximum Gasteiger partial charge on any atom is 0.291 e. The average molecular weight is 2620 g/mol. The zero-order valence-corrected chi connectivity index (χ0v) is 98.0. The molecule has 0 aliphatic rings. The fourth-order valence-corrected chi connectivity index (χ4v) is 26.6. The summed E-state index contributed by atoms with van der Waals surface area (Å²) in [4.78, 5) is 29.6. The number of benzene rings is 20. The minimum Gasteiger partial charge on any atom is -0.398 e. The van der Waals surface area contributed by atoms with Crippen molar-refractivity contribution in [1.82, 2.24) is 19.2 Å². The van der Waals surface area contributed by atoms with Gasteiger partial charge in [0.2, 0.25) is 0 Å². The van der Waals surface area contributed by atoms with E-state index in [2.05, 4.69) is 445 Å². The monoisotopic (exact) mass is 2610 g/mol. The molecule has 0 radical (unpaired) electrons. The Kier molecular flexibility index (Phi) is 38.9. The van der Waals surface area contributed by atoms with Crippen LogP contribution in [-0.2, 0) is 42.4 Å². The number of thioether (sulfide) groups is 4. The number of thiol groups is 4. The van der Waals surface area contributed by atoms with Crippen molar-refractivity contribution < 1.29 is 9.85 Å². The van der Waals surface area contributed by atoms with Crippen molar-refractivity contribution in [2.75, 3.05) is 28.3 Å². The molecule has 0 unspecified atom stereocenters. The molecule has 0 bridgehead atoms. The number of nitrogen functional groups attached to an aromatic ring is 4. The normalized spacial score (nSPS) is 11.0. The molecule has 0 fully saturated rings. The Morgan fingerprint density at radius 3 is 0.979 bits per heavy atom. The van der Waals surface area contributed by atoms with E-state index in [1.165, 1.54) is 144 Å². The van der Waals surface area contributed by atoms with E-state index in [9.17, 15) is 20.2 Å². The van der Waals surface area contributed by atoms with Crippen LogP contribution in [0.4, 0.5) is 39.8 Å². The fraction of sp³-hybridized carbons (Fsp3) is 0.0619. The maximum atomic E-state index is 11.0. The summed E-state index contributed by atoms with van der Waals surface area (Å²) in [7, 11) is 0. The van der Waals surface area contributed by atoms with Gasteiger partial charge >= 0.3 is 0 Å². The highest BCUT2D eigenvalue weighted by Crippen LogP contribution is 2.48. The van der Waals surface area contributed by atoms with Gasteiger partial charge in [-0.2, -0.15) is 0 Å². The fourth-order valence-electron chi connectivity index (χ4n) is 16.0. The van der Waals surface area contributed by atoms with Gasteiger partial charge in [-0.25, -0.2) is 0 Å². The number of nitro benzene ring substituents is 2. The number of anilines is 5. The molecule has 33 heteroatoms. The molecule has 0 aliphatic carbocycles. The minimum absolute atomic E-state index is 0.178. The number of rotatable bonds is 20. The van der Waals surface area contributed by atoms with Gasteiger partial charge in [-0.05, 0) is 336 Å². The lowest BCUT2D eigenvalue weighted by Gasteiger charge is -2.19. The summed E-state index contributed by atoms with van der Waals surface area (Å²) in [5, 5.41) is 48.1. The van der Waals surface area contributed by atoms with Gasteiger partial charge in [0, 0.05) is 134 Å². The molecule has 0 aliphatic heterocycles. The van der Waals surface area contributed by atoms with Crippen LogP contribution in [0.15, 0.2) is 427 Å². The molecule has 0 saturated carbocycles. The van der Waals surface area contributed by atoms with Crippen LogP contribution in [0.1, 0.15) is 38.9 Å². The summed E-state index contributed by atoms with van der Waals surface area (Å²) >= 11 is 55.5. The van der Waals surface area contributed by atoms with Gasteiger partial charge in [0.1, 0.15) is 11.0 Å². The first kappa shape index (κ1) is 109. The van der Waals surface area contributed by atoms with Crippen molar-refractivity contribution >= 4 is 384 Å². The molecule has 9 N–H and O–H groups in total. The lowest BCUT2D eigenvalue weighted by Crippen LogP contribution is -2.02. The number of nitro groups is 2. The highest BCUT2D eigenvalue weighted by atomic mass is 79.9. The Hall–Kier alpha value is -9.70. The van der Waals surface area contributed by atoms with E-state index in [4.69, 9.17) is 22.9 Å². The van der Waals surface area contributed by atoms with E-state index >= 15 is 0 Å². The Morgan fingerprint density at radius 2 is 0.575 bits per heavy atom. The minimum atomic E-state index is -0.565. The molecule has 732 valence electrons. The molecular formula is C113H85Br8N11O4S10. The molecule has 0 spiro atoms. The first-order valence-corrected chi connectivity index (χ1v) is 58.5. The highest BCUT2D eigenvalue weighted by molar-refractivity contribution is 9.11. The van der Waals surface area contributed by atoms with Crippen LogP contribution in [0.5, 0.6) is 0 Å². The third-order valence-corrected chi connectivity index (χ3v) is 38.2. The number of aryl methyl sites for hydroxylation is 2. The largest absolute Gasteiger partial charge is 0.398 e. The van der Waals surface area contributed by atoms with Crippen LogP contribution < -0.4 is 28.3 Å². The molecule has 2 heterocycles. The lowest BCUT2D eigenvalue weighted by atomic mass is 10.0. The van der Waals surface area contributed by atoms with Crippen LogP contribution >= 0.6 is 248 Å². The van der Waals surface area contributed by atoms with E-state index in [1.54, 1.807) is 0 Å². The summed E-state index contributed by atoms with van der Waals surface area (Å²) in [5.74, 6) is 3.81. The molecule has 22 rings (SSSR count). The topological polar surface area (TPSA) is 254 Å². The van der Waals surface area contributed by atoms with Crippen LogP contribution in [0.2, 0.25) is 0 Å².